The first-order valence-electron chi connectivity index (χ1n) is 6.04. The normalized spacial score (nSPS) is 10.1. The summed E-state index contributed by atoms with van der Waals surface area (Å²) < 4.78 is 12.6. The van der Waals surface area contributed by atoms with Gasteiger partial charge in [0.1, 0.15) is 6.33 Å². The van der Waals surface area contributed by atoms with E-state index in [2.05, 4.69) is 15.6 Å². The Morgan fingerprint density at radius 2 is 2.33 bits per heavy atom. The van der Waals surface area contributed by atoms with Crippen molar-refractivity contribution in [2.75, 3.05) is 19.1 Å². The molecule has 1 aromatic heterocycles. The number of carbonyl (C=O) groups excluding carboxylic acids is 1. The number of amides is 1. The van der Waals surface area contributed by atoms with E-state index in [1.807, 2.05) is 6.07 Å². The first-order valence-corrected chi connectivity index (χ1v) is 6.45. The monoisotopic (exact) mass is 309 g/mol. The van der Waals surface area contributed by atoms with E-state index in [4.69, 9.17) is 27.4 Å². The number of hydrogen-bond acceptors (Lipinski definition) is 6. The number of hydrogen-bond donors (Lipinski definition) is 3. The predicted octanol–water partition coefficient (Wildman–Crippen LogP) is 0.557. The molecule has 4 N–H and O–H groups in total. The summed E-state index contributed by atoms with van der Waals surface area (Å²) in [6, 6.07) is 5.36. The first-order chi connectivity index (χ1) is 10.1. The predicted molar refractivity (Wildman–Crippen MR) is 78.2 cm³/mol. The molecule has 1 amide bonds. The Hall–Kier alpha value is -2.55. The maximum Gasteiger partial charge on any atom is 0.255 e. The van der Waals surface area contributed by atoms with Gasteiger partial charge in [-0.05, 0) is 29.9 Å². The van der Waals surface area contributed by atoms with Crippen molar-refractivity contribution in [3.63, 3.8) is 0 Å². The third kappa shape index (κ3) is 3.96. The Morgan fingerprint density at radius 3 is 2.95 bits per heavy atom. The van der Waals surface area contributed by atoms with Crippen LogP contribution in [0, 0.1) is 4.77 Å². The molecule has 0 saturated carbocycles. The number of primary amides is 1. The molecule has 2 aromatic rings. The molecule has 2 rings (SSSR count). The lowest BCUT2D eigenvalue weighted by atomic mass is 10.2. The van der Waals surface area contributed by atoms with Crippen LogP contribution in [0.25, 0.3) is 0 Å². The van der Waals surface area contributed by atoms with Crippen LogP contribution in [0.3, 0.4) is 0 Å². The summed E-state index contributed by atoms with van der Waals surface area (Å²) in [4.78, 5) is 10.7. The van der Waals surface area contributed by atoms with E-state index in [1.54, 1.807) is 23.1 Å². The largest absolute Gasteiger partial charge is 0.493 e. The van der Waals surface area contributed by atoms with Gasteiger partial charge in [0.2, 0.25) is 4.77 Å². The number of carbonyl (C=O) groups is 1. The Kier molecular flexibility index (Phi) is 4.77. The molecule has 21 heavy (non-hydrogen) atoms. The van der Waals surface area contributed by atoms with Gasteiger partial charge in [-0.2, -0.15) is 5.10 Å². The van der Waals surface area contributed by atoms with Gasteiger partial charge in [-0.25, -0.2) is 4.68 Å². The number of ether oxygens (including phenoxy) is 2. The van der Waals surface area contributed by atoms with Crippen LogP contribution in [0.5, 0.6) is 11.5 Å². The number of methoxy groups -OCH3 is 1. The van der Waals surface area contributed by atoms with Gasteiger partial charge < -0.3 is 20.6 Å². The van der Waals surface area contributed by atoms with Crippen LogP contribution in [0.15, 0.2) is 24.5 Å². The van der Waals surface area contributed by atoms with Crippen molar-refractivity contribution in [1.82, 2.24) is 14.9 Å². The molecule has 0 fully saturated rings. The summed E-state index contributed by atoms with van der Waals surface area (Å²) in [5.41, 5.74) is 9.07. The van der Waals surface area contributed by atoms with Crippen molar-refractivity contribution >= 4 is 18.1 Å². The summed E-state index contributed by atoms with van der Waals surface area (Å²) in [5.74, 6) is 0.434. The van der Waals surface area contributed by atoms with Crippen molar-refractivity contribution in [3.8, 4) is 11.5 Å². The summed E-state index contributed by atoms with van der Waals surface area (Å²) >= 11 is 5.02. The number of aromatic nitrogens is 3. The van der Waals surface area contributed by atoms with E-state index in [0.29, 0.717) is 22.8 Å². The van der Waals surface area contributed by atoms with Gasteiger partial charge in [-0.15, -0.1) is 0 Å². The molecule has 8 nitrogen and oxygen atoms in total. The molecule has 0 aliphatic carbocycles. The van der Waals surface area contributed by atoms with Gasteiger partial charge >= 0.3 is 0 Å². The molecule has 9 heteroatoms. The molecule has 1 heterocycles. The smallest absolute Gasteiger partial charge is 0.255 e. The van der Waals surface area contributed by atoms with Crippen LogP contribution < -0.4 is 20.6 Å². The van der Waals surface area contributed by atoms with Crippen molar-refractivity contribution in [2.45, 2.75) is 6.54 Å². The van der Waals surface area contributed by atoms with Gasteiger partial charge in [0.05, 0.1) is 13.7 Å². The van der Waals surface area contributed by atoms with Gasteiger partial charge in [-0.3, -0.25) is 9.89 Å². The van der Waals surface area contributed by atoms with Crippen LogP contribution >= 0.6 is 12.2 Å². The molecule has 112 valence electrons. The second-order valence-electron chi connectivity index (χ2n) is 4.11. The average Bonchev–Trinajstić information content (AvgIpc) is 2.88. The van der Waals surface area contributed by atoms with Crippen molar-refractivity contribution in [2.24, 2.45) is 5.73 Å². The fraction of sp³-hybridized carbons (Fsp3) is 0.250. The fourth-order valence-corrected chi connectivity index (χ4v) is 1.79. The highest BCUT2D eigenvalue weighted by atomic mass is 32.1. The zero-order valence-corrected chi connectivity index (χ0v) is 12.1. The lowest BCUT2D eigenvalue weighted by Crippen LogP contribution is -2.20. The number of nitrogens with one attached hydrogen (secondary N) is 2. The summed E-state index contributed by atoms with van der Waals surface area (Å²) in [7, 11) is 1.52. The van der Waals surface area contributed by atoms with Crippen molar-refractivity contribution in [1.29, 1.82) is 0 Å². The maximum absolute atomic E-state index is 10.7. The number of rotatable bonds is 7. The SMILES string of the molecule is COc1cc(CNn2cn[nH]c2=S)ccc1OCC(N)=O. The Labute approximate surface area is 125 Å². The third-order valence-corrected chi connectivity index (χ3v) is 2.89. The molecule has 0 saturated heterocycles. The van der Waals surface area contributed by atoms with E-state index in [9.17, 15) is 4.79 Å². The van der Waals surface area contributed by atoms with Crippen molar-refractivity contribution < 1.29 is 14.3 Å². The summed E-state index contributed by atoms with van der Waals surface area (Å²) in [5, 5.41) is 6.45. The second-order valence-corrected chi connectivity index (χ2v) is 4.49. The molecule has 1 aromatic carbocycles. The second kappa shape index (κ2) is 6.75. The number of nitrogens with zero attached hydrogens (tertiary/aromatic N) is 2. The van der Waals surface area contributed by atoms with Crippen LogP contribution in [0.2, 0.25) is 0 Å². The standard InChI is InChI=1S/C12H15N5O3S/c1-19-10-4-8(2-3-9(10)20-6-11(13)18)5-15-17-7-14-16-12(17)21/h2-4,7,15H,5-6H2,1H3,(H2,13,18)(H,16,21). The molecule has 0 aliphatic rings. The first kappa shape index (κ1) is 14.9. The third-order valence-electron chi connectivity index (χ3n) is 2.60. The number of aromatic amines is 1. The molecular weight excluding hydrogens is 294 g/mol. The Balaban J connectivity index is 2.06. The van der Waals surface area contributed by atoms with Crippen LogP contribution in [0.1, 0.15) is 5.56 Å². The lowest BCUT2D eigenvalue weighted by Gasteiger charge is -2.12. The highest BCUT2D eigenvalue weighted by Crippen LogP contribution is 2.28. The van der Waals surface area contributed by atoms with Gasteiger partial charge in [-0.1, -0.05) is 6.07 Å². The Morgan fingerprint density at radius 1 is 1.52 bits per heavy atom. The van der Waals surface area contributed by atoms with E-state index in [-0.39, 0.29) is 6.61 Å². The topological polar surface area (TPSA) is 107 Å². The van der Waals surface area contributed by atoms with E-state index in [1.165, 1.54) is 7.11 Å². The number of benzene rings is 1. The molecule has 0 radical (unpaired) electrons. The maximum atomic E-state index is 10.7. The fourth-order valence-electron chi connectivity index (χ4n) is 1.63. The number of nitrogens with two attached hydrogens (primary N) is 1. The van der Waals surface area contributed by atoms with Crippen LogP contribution in [0.4, 0.5) is 0 Å². The van der Waals surface area contributed by atoms with Gasteiger partial charge in [0, 0.05) is 0 Å². The average molecular weight is 309 g/mol. The minimum absolute atomic E-state index is 0.196. The lowest BCUT2D eigenvalue weighted by molar-refractivity contribution is -0.119. The molecule has 0 aliphatic heterocycles. The minimum atomic E-state index is -0.544. The molecule has 0 spiro atoms. The Bertz CT molecular complexity index is 682. The van der Waals surface area contributed by atoms with Crippen LogP contribution in [-0.2, 0) is 11.3 Å². The van der Waals surface area contributed by atoms with Crippen molar-refractivity contribution in [3.05, 3.63) is 34.9 Å². The van der Waals surface area contributed by atoms with E-state index < -0.39 is 5.91 Å². The highest BCUT2D eigenvalue weighted by Gasteiger charge is 2.07. The molecule has 0 atom stereocenters. The minimum Gasteiger partial charge on any atom is -0.493 e. The van der Waals surface area contributed by atoms with Gasteiger partial charge in [0.25, 0.3) is 5.91 Å². The van der Waals surface area contributed by atoms with E-state index >= 15 is 0 Å². The zero-order chi connectivity index (χ0) is 15.2. The summed E-state index contributed by atoms with van der Waals surface area (Å²) in [6.45, 7) is 0.318. The van der Waals surface area contributed by atoms with E-state index in [0.717, 1.165) is 5.56 Å². The molecule has 0 bridgehead atoms. The van der Waals surface area contributed by atoms with Gasteiger partial charge in [0.15, 0.2) is 18.1 Å². The van der Waals surface area contributed by atoms with Crippen LogP contribution in [-0.4, -0.2) is 34.5 Å². The summed E-state index contributed by atoms with van der Waals surface area (Å²) in [6.07, 6.45) is 1.55. The molecule has 0 unspecified atom stereocenters. The zero-order valence-electron chi connectivity index (χ0n) is 11.3. The quantitative estimate of drug-likeness (QED) is 0.645. The highest BCUT2D eigenvalue weighted by molar-refractivity contribution is 7.71. The number of H-pyrrole nitrogens is 1. The molecular formula is C12H15N5O3S.